The summed E-state index contributed by atoms with van der Waals surface area (Å²) < 4.78 is 0. The second-order valence-electron chi connectivity index (χ2n) is 8.19. The molecule has 8 nitrogen and oxygen atoms in total. The molecule has 0 aromatic carbocycles. The normalized spacial score (nSPS) is 22.2. The monoisotopic (exact) mass is 394 g/mol. The van der Waals surface area contributed by atoms with Gasteiger partial charge < -0.3 is 15.5 Å². The minimum atomic E-state index is -0.450. The molecule has 2 saturated heterocycles. The number of nitrogens with two attached hydrogens (primary N) is 1. The van der Waals surface area contributed by atoms with Gasteiger partial charge in [0.1, 0.15) is 5.82 Å². The summed E-state index contributed by atoms with van der Waals surface area (Å²) in [5, 5.41) is 0. The number of anilines is 1. The first kappa shape index (κ1) is 19.3. The van der Waals surface area contributed by atoms with Gasteiger partial charge in [-0.3, -0.25) is 19.6 Å². The van der Waals surface area contributed by atoms with E-state index < -0.39 is 5.91 Å². The van der Waals surface area contributed by atoms with Crippen LogP contribution in [0.1, 0.15) is 47.4 Å². The molecule has 0 aliphatic carbocycles. The van der Waals surface area contributed by atoms with Gasteiger partial charge in [-0.05, 0) is 38.3 Å². The number of aromatic nitrogens is 3. The van der Waals surface area contributed by atoms with Crippen molar-refractivity contribution in [1.29, 1.82) is 0 Å². The fourth-order valence-electron chi connectivity index (χ4n) is 4.42. The van der Waals surface area contributed by atoms with E-state index in [0.717, 1.165) is 49.6 Å². The number of aryl methyl sites for hydroxylation is 1. The molecule has 2 amide bonds. The Balaban J connectivity index is 1.51. The highest BCUT2D eigenvalue weighted by Gasteiger charge is 2.42. The van der Waals surface area contributed by atoms with Crippen LogP contribution >= 0.6 is 0 Å². The maximum atomic E-state index is 12.6. The van der Waals surface area contributed by atoms with Gasteiger partial charge in [-0.1, -0.05) is 0 Å². The first-order valence-electron chi connectivity index (χ1n) is 10.0. The van der Waals surface area contributed by atoms with Crippen molar-refractivity contribution >= 4 is 17.6 Å². The zero-order valence-electron chi connectivity index (χ0n) is 16.7. The van der Waals surface area contributed by atoms with Crippen molar-refractivity contribution in [3.05, 3.63) is 47.7 Å². The zero-order chi connectivity index (χ0) is 20.4. The lowest BCUT2D eigenvalue weighted by Crippen LogP contribution is -2.54. The predicted octanol–water partition coefficient (Wildman–Crippen LogP) is 1.69. The van der Waals surface area contributed by atoms with Gasteiger partial charge in [0, 0.05) is 49.4 Å². The molecule has 8 heteroatoms. The van der Waals surface area contributed by atoms with Gasteiger partial charge in [0.15, 0.2) is 0 Å². The predicted molar refractivity (Wildman–Crippen MR) is 108 cm³/mol. The molecule has 2 aliphatic rings. The number of hydrogen-bond donors (Lipinski definition) is 1. The maximum absolute atomic E-state index is 12.6. The highest BCUT2D eigenvalue weighted by molar-refractivity contribution is 5.93. The third-order valence-corrected chi connectivity index (χ3v) is 5.95. The average molecular weight is 394 g/mol. The molecule has 1 atom stereocenters. The second kappa shape index (κ2) is 7.77. The fraction of sp³-hybridized carbons (Fsp3) is 0.476. The third-order valence-electron chi connectivity index (χ3n) is 5.95. The third kappa shape index (κ3) is 4.21. The van der Waals surface area contributed by atoms with Crippen LogP contribution in [-0.4, -0.2) is 51.3 Å². The van der Waals surface area contributed by atoms with Gasteiger partial charge in [-0.2, -0.15) is 0 Å². The molecule has 1 unspecified atom stereocenters. The number of piperidine rings is 2. The number of primary amides is 1. The van der Waals surface area contributed by atoms with Gasteiger partial charge in [-0.15, -0.1) is 0 Å². The molecule has 2 aromatic rings. The van der Waals surface area contributed by atoms with E-state index in [2.05, 4.69) is 19.9 Å². The van der Waals surface area contributed by atoms with Crippen molar-refractivity contribution in [3.8, 4) is 0 Å². The molecule has 2 N–H and O–H groups in total. The molecule has 2 fully saturated rings. The summed E-state index contributed by atoms with van der Waals surface area (Å²) in [6, 6.07) is 3.39. The Labute approximate surface area is 170 Å². The molecule has 152 valence electrons. The number of carbonyl (C=O) groups excluding carboxylic acids is 2. The number of amides is 2. The van der Waals surface area contributed by atoms with E-state index in [1.165, 1.54) is 0 Å². The molecule has 0 bridgehead atoms. The van der Waals surface area contributed by atoms with E-state index in [1.807, 2.05) is 11.8 Å². The molecule has 4 rings (SSSR count). The van der Waals surface area contributed by atoms with Gasteiger partial charge in [0.05, 0.1) is 24.1 Å². The molecule has 0 saturated carbocycles. The van der Waals surface area contributed by atoms with Crippen molar-refractivity contribution in [1.82, 2.24) is 19.9 Å². The molecular formula is C21H26N6O2. The second-order valence-corrected chi connectivity index (χ2v) is 8.19. The Morgan fingerprint density at radius 3 is 2.83 bits per heavy atom. The summed E-state index contributed by atoms with van der Waals surface area (Å²) in [6.07, 6.45) is 8.62. The van der Waals surface area contributed by atoms with Crippen LogP contribution in [0.5, 0.6) is 0 Å². The zero-order valence-corrected chi connectivity index (χ0v) is 16.7. The van der Waals surface area contributed by atoms with Crippen LogP contribution in [0.25, 0.3) is 0 Å². The summed E-state index contributed by atoms with van der Waals surface area (Å²) in [7, 11) is 0. The van der Waals surface area contributed by atoms with Gasteiger partial charge in [0.25, 0.3) is 0 Å². The summed E-state index contributed by atoms with van der Waals surface area (Å²) in [6.45, 7) is 4.78. The maximum Gasteiger partial charge on any atom is 0.248 e. The minimum absolute atomic E-state index is 0.0225. The van der Waals surface area contributed by atoms with Crippen molar-refractivity contribution in [2.75, 3.05) is 24.5 Å². The van der Waals surface area contributed by atoms with Crippen LogP contribution in [0.15, 0.2) is 30.7 Å². The lowest BCUT2D eigenvalue weighted by Gasteiger charge is -2.48. The summed E-state index contributed by atoms with van der Waals surface area (Å²) in [4.78, 5) is 41.4. The number of carbonyl (C=O) groups is 2. The van der Waals surface area contributed by atoms with E-state index in [4.69, 9.17) is 5.73 Å². The molecule has 2 aromatic heterocycles. The van der Waals surface area contributed by atoms with Crippen molar-refractivity contribution in [3.63, 3.8) is 0 Å². The number of pyridine rings is 1. The topological polar surface area (TPSA) is 105 Å². The molecule has 2 aliphatic heterocycles. The van der Waals surface area contributed by atoms with Crippen LogP contribution in [-0.2, 0) is 11.3 Å². The van der Waals surface area contributed by atoms with Crippen molar-refractivity contribution < 1.29 is 9.59 Å². The summed E-state index contributed by atoms with van der Waals surface area (Å²) in [5.41, 5.74) is 7.59. The standard InChI is InChI=1S/C21H26N6O2/c1-15-10-25-17(11-24-15)12-27-14-21(6-3-19(27)28)5-2-8-26(13-21)18-9-16(20(22)29)4-7-23-18/h4,7,9-11H,2-3,5-6,8,12-14H2,1H3,(H2,22,29). The summed E-state index contributed by atoms with van der Waals surface area (Å²) >= 11 is 0. The molecule has 1 spiro atoms. The van der Waals surface area contributed by atoms with Crippen molar-refractivity contribution in [2.45, 2.75) is 39.2 Å². The largest absolute Gasteiger partial charge is 0.366 e. The number of nitrogens with zero attached hydrogens (tertiary/aromatic N) is 5. The molecule has 4 heterocycles. The summed E-state index contributed by atoms with van der Waals surface area (Å²) in [5.74, 6) is 0.492. The lowest BCUT2D eigenvalue weighted by molar-refractivity contribution is -0.138. The Bertz CT molecular complexity index is 916. The molecule has 29 heavy (non-hydrogen) atoms. The number of rotatable bonds is 4. The quantitative estimate of drug-likeness (QED) is 0.846. The van der Waals surface area contributed by atoms with Gasteiger partial charge in [0.2, 0.25) is 11.8 Å². The smallest absolute Gasteiger partial charge is 0.248 e. The van der Waals surface area contributed by atoms with E-state index >= 15 is 0 Å². The first-order valence-corrected chi connectivity index (χ1v) is 10.0. The average Bonchev–Trinajstić information content (AvgIpc) is 2.73. The fourth-order valence-corrected chi connectivity index (χ4v) is 4.42. The van der Waals surface area contributed by atoms with E-state index in [0.29, 0.717) is 25.1 Å². The van der Waals surface area contributed by atoms with Crippen LogP contribution in [0.3, 0.4) is 0 Å². The SMILES string of the molecule is Cc1cnc(CN2CC3(CCCN(c4cc(C(N)=O)ccn4)C3)CCC2=O)cn1. The lowest BCUT2D eigenvalue weighted by atomic mass is 9.73. The van der Waals surface area contributed by atoms with Gasteiger partial charge >= 0.3 is 0 Å². The van der Waals surface area contributed by atoms with Crippen LogP contribution in [0.2, 0.25) is 0 Å². The number of likely N-dealkylation sites (tertiary alicyclic amines) is 1. The molecule has 0 radical (unpaired) electrons. The Morgan fingerprint density at radius 2 is 2.07 bits per heavy atom. The minimum Gasteiger partial charge on any atom is -0.366 e. The Kier molecular flexibility index (Phi) is 5.17. The van der Waals surface area contributed by atoms with Crippen LogP contribution in [0.4, 0.5) is 5.82 Å². The van der Waals surface area contributed by atoms with Crippen LogP contribution in [0, 0.1) is 12.3 Å². The highest BCUT2D eigenvalue weighted by atomic mass is 16.2. The first-order chi connectivity index (χ1) is 13.9. The van der Waals surface area contributed by atoms with E-state index in [9.17, 15) is 9.59 Å². The Hall–Kier alpha value is -3.03. The van der Waals surface area contributed by atoms with Gasteiger partial charge in [-0.25, -0.2) is 4.98 Å². The van der Waals surface area contributed by atoms with Crippen molar-refractivity contribution in [2.24, 2.45) is 11.1 Å². The van der Waals surface area contributed by atoms with E-state index in [1.54, 1.807) is 30.7 Å². The number of hydrogen-bond acceptors (Lipinski definition) is 6. The molecular weight excluding hydrogens is 368 g/mol. The van der Waals surface area contributed by atoms with Crippen LogP contribution < -0.4 is 10.6 Å². The van der Waals surface area contributed by atoms with E-state index in [-0.39, 0.29) is 11.3 Å². The highest BCUT2D eigenvalue weighted by Crippen LogP contribution is 2.40. The Morgan fingerprint density at radius 1 is 1.21 bits per heavy atom.